The van der Waals surface area contributed by atoms with Crippen LogP contribution in [-0.4, -0.2) is 12.1 Å². The fourth-order valence-corrected chi connectivity index (χ4v) is 2.91. The standard InChI is InChI=1S/C15H18N2O/c1-18-14-13-10-12(15(16)7-2-3-8-15)5-4-11(13)6-9-17-14/h4-6,9-10H,2-3,7-8,16H2,1H3. The molecule has 1 aliphatic rings. The van der Waals surface area contributed by atoms with E-state index in [0.717, 1.165) is 23.6 Å². The van der Waals surface area contributed by atoms with E-state index in [1.54, 1.807) is 13.3 Å². The van der Waals surface area contributed by atoms with E-state index in [-0.39, 0.29) is 5.54 Å². The van der Waals surface area contributed by atoms with Crippen LogP contribution in [0.3, 0.4) is 0 Å². The number of ether oxygens (including phenoxy) is 1. The number of hydrogen-bond donors (Lipinski definition) is 1. The van der Waals surface area contributed by atoms with E-state index in [9.17, 15) is 0 Å². The van der Waals surface area contributed by atoms with Gasteiger partial charge >= 0.3 is 0 Å². The highest BCUT2D eigenvalue weighted by molar-refractivity contribution is 5.87. The molecular formula is C15H18N2O. The minimum atomic E-state index is -0.158. The van der Waals surface area contributed by atoms with Crippen molar-refractivity contribution in [3.05, 3.63) is 36.0 Å². The van der Waals surface area contributed by atoms with Crippen molar-refractivity contribution >= 4 is 10.8 Å². The van der Waals surface area contributed by atoms with Crippen molar-refractivity contribution in [2.24, 2.45) is 5.73 Å². The van der Waals surface area contributed by atoms with Crippen molar-refractivity contribution in [2.45, 2.75) is 31.2 Å². The number of aromatic nitrogens is 1. The van der Waals surface area contributed by atoms with E-state index in [1.165, 1.54) is 18.4 Å². The molecule has 2 N–H and O–H groups in total. The second-order valence-electron chi connectivity index (χ2n) is 5.12. The van der Waals surface area contributed by atoms with Gasteiger partial charge in [0.1, 0.15) is 0 Å². The molecule has 3 nitrogen and oxygen atoms in total. The van der Waals surface area contributed by atoms with Crippen LogP contribution in [0.2, 0.25) is 0 Å². The zero-order valence-corrected chi connectivity index (χ0v) is 10.6. The fraction of sp³-hybridized carbons (Fsp3) is 0.400. The molecule has 0 amide bonds. The van der Waals surface area contributed by atoms with Crippen molar-refractivity contribution in [1.29, 1.82) is 0 Å². The lowest BCUT2D eigenvalue weighted by Gasteiger charge is -2.24. The molecule has 0 unspecified atom stereocenters. The Labute approximate surface area is 107 Å². The Morgan fingerprint density at radius 3 is 2.72 bits per heavy atom. The summed E-state index contributed by atoms with van der Waals surface area (Å²) in [6.45, 7) is 0. The van der Waals surface area contributed by atoms with Gasteiger partial charge in [0, 0.05) is 17.1 Å². The van der Waals surface area contributed by atoms with E-state index in [0.29, 0.717) is 5.88 Å². The van der Waals surface area contributed by atoms with Gasteiger partial charge in [-0.15, -0.1) is 0 Å². The number of nitrogens with zero attached hydrogens (tertiary/aromatic N) is 1. The summed E-state index contributed by atoms with van der Waals surface area (Å²) in [4.78, 5) is 4.25. The second-order valence-corrected chi connectivity index (χ2v) is 5.12. The van der Waals surface area contributed by atoms with E-state index in [1.807, 2.05) is 6.07 Å². The maximum atomic E-state index is 6.50. The highest BCUT2D eigenvalue weighted by Crippen LogP contribution is 2.38. The molecule has 0 atom stereocenters. The molecule has 94 valence electrons. The van der Waals surface area contributed by atoms with Crippen LogP contribution in [0.15, 0.2) is 30.5 Å². The van der Waals surface area contributed by atoms with Gasteiger partial charge in [-0.25, -0.2) is 4.98 Å². The summed E-state index contributed by atoms with van der Waals surface area (Å²) in [5.74, 6) is 0.677. The third kappa shape index (κ3) is 1.75. The van der Waals surface area contributed by atoms with Gasteiger partial charge < -0.3 is 10.5 Å². The number of fused-ring (bicyclic) bond motifs is 1. The van der Waals surface area contributed by atoms with Gasteiger partial charge in [-0.05, 0) is 35.9 Å². The van der Waals surface area contributed by atoms with Gasteiger partial charge in [0.15, 0.2) is 0 Å². The van der Waals surface area contributed by atoms with Crippen molar-refractivity contribution in [2.75, 3.05) is 7.11 Å². The molecule has 0 spiro atoms. The Balaban J connectivity index is 2.15. The van der Waals surface area contributed by atoms with E-state index >= 15 is 0 Å². The molecule has 2 aromatic rings. The van der Waals surface area contributed by atoms with Crippen molar-refractivity contribution in [3.63, 3.8) is 0 Å². The molecule has 0 saturated heterocycles. The highest BCUT2D eigenvalue weighted by Gasteiger charge is 2.31. The van der Waals surface area contributed by atoms with Gasteiger partial charge in [0.2, 0.25) is 5.88 Å². The van der Waals surface area contributed by atoms with Crippen molar-refractivity contribution < 1.29 is 4.74 Å². The van der Waals surface area contributed by atoms with Crippen LogP contribution in [0.5, 0.6) is 5.88 Å². The second kappa shape index (κ2) is 4.25. The number of nitrogens with two attached hydrogens (primary N) is 1. The maximum absolute atomic E-state index is 6.50. The third-order valence-corrected chi connectivity index (χ3v) is 3.99. The lowest BCUT2D eigenvalue weighted by atomic mass is 9.88. The number of pyridine rings is 1. The lowest BCUT2D eigenvalue weighted by molar-refractivity contribution is 0.403. The Morgan fingerprint density at radius 2 is 2.00 bits per heavy atom. The molecule has 1 aromatic carbocycles. The smallest absolute Gasteiger partial charge is 0.221 e. The predicted molar refractivity (Wildman–Crippen MR) is 72.6 cm³/mol. The summed E-state index contributed by atoms with van der Waals surface area (Å²) >= 11 is 0. The minimum absolute atomic E-state index is 0.158. The number of methoxy groups -OCH3 is 1. The van der Waals surface area contributed by atoms with Gasteiger partial charge in [0.05, 0.1) is 7.11 Å². The van der Waals surface area contributed by atoms with Crippen molar-refractivity contribution in [1.82, 2.24) is 4.98 Å². The largest absolute Gasteiger partial charge is 0.481 e. The van der Waals surface area contributed by atoms with Crippen LogP contribution in [0.4, 0.5) is 0 Å². The molecule has 1 aromatic heterocycles. The topological polar surface area (TPSA) is 48.1 Å². The Morgan fingerprint density at radius 1 is 1.22 bits per heavy atom. The van der Waals surface area contributed by atoms with Crippen LogP contribution < -0.4 is 10.5 Å². The van der Waals surface area contributed by atoms with Gasteiger partial charge in [0.25, 0.3) is 0 Å². The predicted octanol–water partition coefficient (Wildman–Crippen LogP) is 2.97. The highest BCUT2D eigenvalue weighted by atomic mass is 16.5. The van der Waals surface area contributed by atoms with Crippen LogP contribution in [0, 0.1) is 0 Å². The molecule has 0 bridgehead atoms. The molecule has 0 radical (unpaired) electrons. The number of rotatable bonds is 2. The average Bonchev–Trinajstić information content (AvgIpc) is 2.85. The molecule has 3 rings (SSSR count). The van der Waals surface area contributed by atoms with E-state index in [2.05, 4.69) is 23.2 Å². The lowest BCUT2D eigenvalue weighted by Crippen LogP contribution is -2.32. The van der Waals surface area contributed by atoms with Crippen LogP contribution in [0.1, 0.15) is 31.2 Å². The first-order valence-electron chi connectivity index (χ1n) is 6.45. The summed E-state index contributed by atoms with van der Waals surface area (Å²) in [5.41, 5.74) is 7.55. The van der Waals surface area contributed by atoms with Crippen LogP contribution >= 0.6 is 0 Å². The van der Waals surface area contributed by atoms with Gasteiger partial charge in [-0.3, -0.25) is 0 Å². The Kier molecular flexibility index (Phi) is 2.71. The average molecular weight is 242 g/mol. The quantitative estimate of drug-likeness (QED) is 0.880. The molecule has 3 heteroatoms. The molecule has 1 saturated carbocycles. The zero-order chi connectivity index (χ0) is 12.6. The first kappa shape index (κ1) is 11.5. The molecule has 1 fully saturated rings. The normalized spacial score (nSPS) is 18.1. The fourth-order valence-electron chi connectivity index (χ4n) is 2.91. The van der Waals surface area contributed by atoms with E-state index < -0.39 is 0 Å². The van der Waals surface area contributed by atoms with E-state index in [4.69, 9.17) is 10.5 Å². The van der Waals surface area contributed by atoms with Crippen LogP contribution in [-0.2, 0) is 5.54 Å². The van der Waals surface area contributed by atoms with Crippen LogP contribution in [0.25, 0.3) is 10.8 Å². The Bertz CT molecular complexity index is 574. The number of benzene rings is 1. The molecular weight excluding hydrogens is 224 g/mol. The molecule has 0 aliphatic heterocycles. The monoisotopic (exact) mass is 242 g/mol. The SMILES string of the molecule is COc1nccc2ccc(C3(N)CCCC3)cc12. The molecule has 1 heterocycles. The summed E-state index contributed by atoms with van der Waals surface area (Å²) in [6, 6.07) is 8.40. The summed E-state index contributed by atoms with van der Waals surface area (Å²) in [5, 5.41) is 2.20. The summed E-state index contributed by atoms with van der Waals surface area (Å²) < 4.78 is 5.33. The maximum Gasteiger partial charge on any atom is 0.221 e. The van der Waals surface area contributed by atoms with Gasteiger partial charge in [-0.1, -0.05) is 25.0 Å². The third-order valence-electron chi connectivity index (χ3n) is 3.99. The molecule has 18 heavy (non-hydrogen) atoms. The summed E-state index contributed by atoms with van der Waals surface area (Å²) in [7, 11) is 1.65. The van der Waals surface area contributed by atoms with Gasteiger partial charge in [-0.2, -0.15) is 0 Å². The first-order valence-corrected chi connectivity index (χ1v) is 6.45. The number of hydrogen-bond acceptors (Lipinski definition) is 3. The molecule has 1 aliphatic carbocycles. The minimum Gasteiger partial charge on any atom is -0.481 e. The van der Waals surface area contributed by atoms with Crippen molar-refractivity contribution in [3.8, 4) is 5.88 Å². The Hall–Kier alpha value is -1.61. The summed E-state index contributed by atoms with van der Waals surface area (Å²) in [6.07, 6.45) is 6.36. The zero-order valence-electron chi connectivity index (χ0n) is 10.6. The first-order chi connectivity index (χ1) is 8.73.